The minimum Gasteiger partial charge on any atom is -0.497 e. The van der Waals surface area contributed by atoms with Crippen LogP contribution in [0.2, 0.25) is 0 Å². The number of carbonyl (C=O) groups excluding carboxylic acids is 2. The van der Waals surface area contributed by atoms with Crippen molar-refractivity contribution in [2.45, 2.75) is 6.92 Å². The molecule has 0 aliphatic rings. The van der Waals surface area contributed by atoms with E-state index >= 15 is 0 Å². The molecule has 1 aromatic carbocycles. The number of anilines is 1. The van der Waals surface area contributed by atoms with Gasteiger partial charge in [0.15, 0.2) is 0 Å². The van der Waals surface area contributed by atoms with Crippen molar-refractivity contribution in [3.63, 3.8) is 0 Å². The number of benzene rings is 1. The van der Waals surface area contributed by atoms with Crippen LogP contribution in [0.4, 0.5) is 5.69 Å². The lowest BCUT2D eigenvalue weighted by Crippen LogP contribution is -2.36. The summed E-state index contributed by atoms with van der Waals surface area (Å²) in [6.45, 7) is 5.32. The van der Waals surface area contributed by atoms with Gasteiger partial charge in [0.25, 0.3) is 0 Å². The van der Waals surface area contributed by atoms with Crippen LogP contribution >= 0.6 is 0 Å². The molecule has 19 heavy (non-hydrogen) atoms. The highest BCUT2D eigenvalue weighted by Crippen LogP contribution is 2.16. The Morgan fingerprint density at radius 1 is 1.47 bits per heavy atom. The summed E-state index contributed by atoms with van der Waals surface area (Å²) in [5, 5.41) is 2.71. The standard InChI is InChI=1S/C14H18N2O3/c1-4-8-16(11(2)17)10-14(18)15-12-6-5-7-13(9-12)19-3/h4-7,9H,1,8,10H2,2-3H3,(H,15,18). The molecule has 1 rings (SSSR count). The van der Waals surface area contributed by atoms with E-state index in [0.717, 1.165) is 0 Å². The number of ether oxygens (including phenoxy) is 1. The third kappa shape index (κ3) is 4.83. The number of nitrogens with zero attached hydrogens (tertiary/aromatic N) is 1. The molecule has 1 N–H and O–H groups in total. The normalized spacial score (nSPS) is 9.58. The lowest BCUT2D eigenvalue weighted by Gasteiger charge is -2.18. The maximum absolute atomic E-state index is 11.8. The summed E-state index contributed by atoms with van der Waals surface area (Å²) >= 11 is 0. The number of carbonyl (C=O) groups is 2. The highest BCUT2D eigenvalue weighted by atomic mass is 16.5. The first kappa shape index (κ1) is 14.8. The molecule has 0 unspecified atom stereocenters. The predicted octanol–water partition coefficient (Wildman–Crippen LogP) is 1.67. The van der Waals surface area contributed by atoms with E-state index in [0.29, 0.717) is 18.0 Å². The van der Waals surface area contributed by atoms with Gasteiger partial charge >= 0.3 is 0 Å². The van der Waals surface area contributed by atoms with Crippen molar-refractivity contribution in [1.82, 2.24) is 4.90 Å². The molecule has 0 aromatic heterocycles. The molecule has 5 nitrogen and oxygen atoms in total. The summed E-state index contributed by atoms with van der Waals surface area (Å²) in [5.74, 6) is 0.235. The van der Waals surface area contributed by atoms with Gasteiger partial charge in [-0.3, -0.25) is 9.59 Å². The van der Waals surface area contributed by atoms with Crippen LogP contribution in [0.3, 0.4) is 0 Å². The van der Waals surface area contributed by atoms with Crippen LogP contribution < -0.4 is 10.1 Å². The van der Waals surface area contributed by atoms with Crippen molar-refractivity contribution in [3.05, 3.63) is 36.9 Å². The van der Waals surface area contributed by atoms with Gasteiger partial charge in [0.05, 0.1) is 7.11 Å². The second-order valence-corrected chi connectivity index (χ2v) is 3.97. The van der Waals surface area contributed by atoms with Crippen molar-refractivity contribution in [2.75, 3.05) is 25.5 Å². The Morgan fingerprint density at radius 3 is 2.79 bits per heavy atom. The monoisotopic (exact) mass is 262 g/mol. The Labute approximate surface area is 112 Å². The van der Waals surface area contributed by atoms with E-state index in [2.05, 4.69) is 11.9 Å². The molecular formula is C14H18N2O3. The average molecular weight is 262 g/mol. The van der Waals surface area contributed by atoms with Crippen molar-refractivity contribution in [1.29, 1.82) is 0 Å². The molecular weight excluding hydrogens is 244 g/mol. The Kier molecular flexibility index (Phi) is 5.60. The minimum absolute atomic E-state index is 0.00143. The van der Waals surface area contributed by atoms with E-state index in [4.69, 9.17) is 4.74 Å². The van der Waals surface area contributed by atoms with Gasteiger partial charge in [0.1, 0.15) is 12.3 Å². The fourth-order valence-corrected chi connectivity index (χ4v) is 1.53. The van der Waals surface area contributed by atoms with Gasteiger partial charge in [-0.25, -0.2) is 0 Å². The Balaban J connectivity index is 2.63. The maximum atomic E-state index is 11.8. The van der Waals surface area contributed by atoms with Gasteiger partial charge in [-0.1, -0.05) is 12.1 Å². The van der Waals surface area contributed by atoms with E-state index in [1.807, 2.05) is 0 Å². The molecule has 0 bridgehead atoms. The van der Waals surface area contributed by atoms with Crippen molar-refractivity contribution >= 4 is 17.5 Å². The van der Waals surface area contributed by atoms with E-state index in [-0.39, 0.29) is 18.4 Å². The maximum Gasteiger partial charge on any atom is 0.244 e. The van der Waals surface area contributed by atoms with Crippen LogP contribution in [0.1, 0.15) is 6.92 Å². The van der Waals surface area contributed by atoms with Crippen LogP contribution in [0.5, 0.6) is 5.75 Å². The first-order valence-electron chi connectivity index (χ1n) is 5.87. The number of hydrogen-bond acceptors (Lipinski definition) is 3. The first-order chi connectivity index (χ1) is 9.06. The zero-order valence-corrected chi connectivity index (χ0v) is 11.2. The molecule has 0 fully saturated rings. The van der Waals surface area contributed by atoms with Gasteiger partial charge in [-0.05, 0) is 12.1 Å². The van der Waals surface area contributed by atoms with Crippen molar-refractivity contribution in [3.8, 4) is 5.75 Å². The smallest absolute Gasteiger partial charge is 0.244 e. The quantitative estimate of drug-likeness (QED) is 0.793. The summed E-state index contributed by atoms with van der Waals surface area (Å²) in [5.41, 5.74) is 0.631. The Bertz CT molecular complexity index is 472. The molecule has 0 aliphatic heterocycles. The van der Waals surface area contributed by atoms with Crippen LogP contribution in [0.15, 0.2) is 36.9 Å². The van der Waals surface area contributed by atoms with E-state index in [9.17, 15) is 9.59 Å². The molecule has 0 saturated heterocycles. The summed E-state index contributed by atoms with van der Waals surface area (Å²) in [4.78, 5) is 24.5. The average Bonchev–Trinajstić information content (AvgIpc) is 2.38. The van der Waals surface area contributed by atoms with Crippen LogP contribution in [-0.2, 0) is 9.59 Å². The van der Waals surface area contributed by atoms with Crippen molar-refractivity contribution in [2.24, 2.45) is 0 Å². The molecule has 5 heteroatoms. The predicted molar refractivity (Wildman–Crippen MR) is 74.1 cm³/mol. The zero-order chi connectivity index (χ0) is 14.3. The zero-order valence-electron chi connectivity index (χ0n) is 11.2. The molecule has 0 saturated carbocycles. The number of nitrogens with one attached hydrogen (secondary N) is 1. The van der Waals surface area contributed by atoms with Gasteiger partial charge < -0.3 is 15.0 Å². The van der Waals surface area contributed by atoms with Crippen LogP contribution in [0, 0.1) is 0 Å². The molecule has 0 heterocycles. The lowest BCUT2D eigenvalue weighted by molar-refractivity contribution is -0.132. The van der Waals surface area contributed by atoms with E-state index in [1.54, 1.807) is 37.5 Å². The number of amides is 2. The summed E-state index contributed by atoms with van der Waals surface area (Å²) in [6.07, 6.45) is 1.58. The molecule has 0 radical (unpaired) electrons. The first-order valence-corrected chi connectivity index (χ1v) is 5.87. The third-order valence-electron chi connectivity index (χ3n) is 2.48. The second kappa shape index (κ2) is 7.20. The topological polar surface area (TPSA) is 58.6 Å². The SMILES string of the molecule is C=CCN(CC(=O)Nc1cccc(OC)c1)C(C)=O. The summed E-state index contributed by atoms with van der Waals surface area (Å²) in [7, 11) is 1.56. The van der Waals surface area contributed by atoms with E-state index < -0.39 is 0 Å². The van der Waals surface area contributed by atoms with E-state index in [1.165, 1.54) is 11.8 Å². The molecule has 0 spiro atoms. The van der Waals surface area contributed by atoms with Gasteiger partial charge in [0, 0.05) is 25.2 Å². The fourth-order valence-electron chi connectivity index (χ4n) is 1.53. The molecule has 1 aromatic rings. The highest BCUT2D eigenvalue weighted by molar-refractivity contribution is 5.94. The number of hydrogen-bond donors (Lipinski definition) is 1. The van der Waals surface area contributed by atoms with Crippen molar-refractivity contribution < 1.29 is 14.3 Å². The van der Waals surface area contributed by atoms with Gasteiger partial charge in [-0.15, -0.1) is 6.58 Å². The summed E-state index contributed by atoms with van der Waals surface area (Å²) in [6, 6.07) is 7.03. The summed E-state index contributed by atoms with van der Waals surface area (Å²) < 4.78 is 5.07. The number of methoxy groups -OCH3 is 1. The third-order valence-corrected chi connectivity index (χ3v) is 2.48. The van der Waals surface area contributed by atoms with Gasteiger partial charge in [0.2, 0.25) is 11.8 Å². The molecule has 0 atom stereocenters. The Hall–Kier alpha value is -2.30. The lowest BCUT2D eigenvalue weighted by atomic mass is 10.3. The largest absolute Gasteiger partial charge is 0.497 e. The molecule has 102 valence electrons. The van der Waals surface area contributed by atoms with Crippen LogP contribution in [-0.4, -0.2) is 36.9 Å². The molecule has 2 amide bonds. The van der Waals surface area contributed by atoms with Crippen LogP contribution in [0.25, 0.3) is 0 Å². The number of rotatable bonds is 6. The van der Waals surface area contributed by atoms with Gasteiger partial charge in [-0.2, -0.15) is 0 Å². The minimum atomic E-state index is -0.259. The fraction of sp³-hybridized carbons (Fsp3) is 0.286. The molecule has 0 aliphatic carbocycles. The Morgan fingerprint density at radius 2 is 2.21 bits per heavy atom. The highest BCUT2D eigenvalue weighted by Gasteiger charge is 2.12. The second-order valence-electron chi connectivity index (χ2n) is 3.97.